The fourth-order valence-electron chi connectivity index (χ4n) is 5.95. The number of carbonyl (C=O) groups excluding carboxylic acids is 3. The number of hydrogen-bond donors (Lipinski definition) is 1. The standard InChI is InChI=1S/C30H44N4O4/c1-7-38-28(36)25-24(19-33-16-17-34(20(2)18-33)27(35)22-10-8-9-11-22)32(6)29(37)31-26(25)21-12-14-23(15-13-21)30(3,4)5/h12-15,20,22,26H,7-11,16-19H2,1-6H3,(H,31,37)/t20-,26+/m1/s1. The average Bonchev–Trinajstić information content (AvgIpc) is 3.41. The van der Waals surface area contributed by atoms with Crippen LogP contribution in [0, 0.1) is 5.92 Å². The van der Waals surface area contributed by atoms with Crippen LogP contribution in [0.15, 0.2) is 35.5 Å². The minimum absolute atomic E-state index is 0.00246. The quantitative estimate of drug-likeness (QED) is 0.564. The van der Waals surface area contributed by atoms with Crippen LogP contribution in [0.4, 0.5) is 4.79 Å². The van der Waals surface area contributed by atoms with E-state index in [1.807, 2.05) is 17.0 Å². The van der Waals surface area contributed by atoms with Crippen LogP contribution in [0.25, 0.3) is 0 Å². The molecule has 2 heterocycles. The number of carbonyl (C=O) groups is 3. The summed E-state index contributed by atoms with van der Waals surface area (Å²) in [7, 11) is 1.70. The number of nitrogens with zero attached hydrogens (tertiary/aromatic N) is 3. The lowest BCUT2D eigenvalue weighted by molar-refractivity contribution is -0.140. The van der Waals surface area contributed by atoms with Gasteiger partial charge in [0.25, 0.3) is 0 Å². The van der Waals surface area contributed by atoms with E-state index >= 15 is 0 Å². The Labute approximate surface area is 227 Å². The molecule has 2 fully saturated rings. The van der Waals surface area contributed by atoms with E-state index < -0.39 is 12.0 Å². The second-order valence-electron chi connectivity index (χ2n) is 12.0. The Bertz CT molecular complexity index is 1070. The molecule has 38 heavy (non-hydrogen) atoms. The number of benzene rings is 1. The lowest BCUT2D eigenvalue weighted by Gasteiger charge is -2.43. The topological polar surface area (TPSA) is 82.2 Å². The molecule has 2 aliphatic heterocycles. The molecule has 3 aliphatic rings. The largest absolute Gasteiger partial charge is 0.463 e. The van der Waals surface area contributed by atoms with Gasteiger partial charge in [0.15, 0.2) is 0 Å². The zero-order valence-corrected chi connectivity index (χ0v) is 23.9. The van der Waals surface area contributed by atoms with Crippen LogP contribution in [0.1, 0.15) is 77.5 Å². The average molecular weight is 525 g/mol. The van der Waals surface area contributed by atoms with Crippen LogP contribution < -0.4 is 5.32 Å². The molecular weight excluding hydrogens is 480 g/mol. The molecule has 0 unspecified atom stereocenters. The van der Waals surface area contributed by atoms with E-state index in [2.05, 4.69) is 50.0 Å². The predicted octanol–water partition coefficient (Wildman–Crippen LogP) is 4.22. The smallest absolute Gasteiger partial charge is 0.338 e. The van der Waals surface area contributed by atoms with E-state index in [9.17, 15) is 14.4 Å². The van der Waals surface area contributed by atoms with Gasteiger partial charge in [0.05, 0.1) is 18.2 Å². The Morgan fingerprint density at radius 1 is 1.08 bits per heavy atom. The minimum atomic E-state index is -0.593. The second-order valence-corrected chi connectivity index (χ2v) is 12.0. The molecule has 1 N–H and O–H groups in total. The van der Waals surface area contributed by atoms with Crippen molar-refractivity contribution in [2.75, 3.05) is 39.8 Å². The van der Waals surface area contributed by atoms with Gasteiger partial charge in [0.2, 0.25) is 5.91 Å². The van der Waals surface area contributed by atoms with Crippen LogP contribution in [0.3, 0.4) is 0 Å². The van der Waals surface area contributed by atoms with Crippen molar-refractivity contribution in [3.63, 3.8) is 0 Å². The first-order valence-electron chi connectivity index (χ1n) is 14.1. The highest BCUT2D eigenvalue weighted by Crippen LogP contribution is 2.34. The third-order valence-corrected chi connectivity index (χ3v) is 8.25. The zero-order chi connectivity index (χ0) is 27.6. The van der Waals surface area contributed by atoms with Crippen molar-refractivity contribution in [3.8, 4) is 0 Å². The maximum absolute atomic E-state index is 13.3. The molecule has 0 aromatic heterocycles. The molecule has 1 aromatic rings. The van der Waals surface area contributed by atoms with Crippen molar-refractivity contribution in [1.29, 1.82) is 0 Å². The zero-order valence-electron chi connectivity index (χ0n) is 23.9. The molecule has 0 radical (unpaired) electrons. The number of nitrogens with one attached hydrogen (secondary N) is 1. The predicted molar refractivity (Wildman–Crippen MR) is 147 cm³/mol. The van der Waals surface area contributed by atoms with Crippen LogP contribution in [0.5, 0.6) is 0 Å². The summed E-state index contributed by atoms with van der Waals surface area (Å²) in [6.07, 6.45) is 4.28. The summed E-state index contributed by atoms with van der Waals surface area (Å²) >= 11 is 0. The van der Waals surface area contributed by atoms with Gasteiger partial charge in [-0.1, -0.05) is 57.9 Å². The van der Waals surface area contributed by atoms with Crippen molar-refractivity contribution in [2.24, 2.45) is 5.92 Å². The van der Waals surface area contributed by atoms with Crippen molar-refractivity contribution >= 4 is 17.9 Å². The van der Waals surface area contributed by atoms with E-state index in [-0.39, 0.29) is 35.9 Å². The molecule has 0 spiro atoms. The van der Waals surface area contributed by atoms with Crippen molar-refractivity contribution in [3.05, 3.63) is 46.7 Å². The Hall–Kier alpha value is -2.87. The van der Waals surface area contributed by atoms with Gasteiger partial charge >= 0.3 is 12.0 Å². The fourth-order valence-corrected chi connectivity index (χ4v) is 5.95. The van der Waals surface area contributed by atoms with E-state index in [0.717, 1.165) is 31.2 Å². The van der Waals surface area contributed by atoms with Crippen LogP contribution in [-0.4, -0.2) is 78.5 Å². The summed E-state index contributed by atoms with van der Waals surface area (Å²) in [5, 5.41) is 3.02. The third-order valence-electron chi connectivity index (χ3n) is 8.25. The van der Waals surface area contributed by atoms with E-state index in [1.165, 1.54) is 10.5 Å². The molecule has 0 bridgehead atoms. The molecular formula is C30H44N4O4. The highest BCUT2D eigenvalue weighted by atomic mass is 16.5. The normalized spacial score (nSPS) is 23.6. The Balaban J connectivity index is 1.60. The van der Waals surface area contributed by atoms with Gasteiger partial charge in [-0.25, -0.2) is 9.59 Å². The number of urea groups is 1. The summed E-state index contributed by atoms with van der Waals surface area (Å²) in [5.74, 6) is 0.0390. The Morgan fingerprint density at radius 2 is 1.74 bits per heavy atom. The molecule has 8 nitrogen and oxygen atoms in total. The molecule has 208 valence electrons. The first-order valence-corrected chi connectivity index (χ1v) is 14.1. The molecule has 1 saturated heterocycles. The second kappa shape index (κ2) is 11.5. The van der Waals surface area contributed by atoms with Crippen molar-refractivity contribution < 1.29 is 19.1 Å². The van der Waals surface area contributed by atoms with Gasteiger partial charge < -0.3 is 15.0 Å². The Morgan fingerprint density at radius 3 is 2.32 bits per heavy atom. The number of hydrogen-bond acceptors (Lipinski definition) is 5. The van der Waals surface area contributed by atoms with E-state index in [0.29, 0.717) is 37.4 Å². The number of likely N-dealkylation sites (N-methyl/N-ethyl adjacent to an activating group) is 1. The number of rotatable bonds is 6. The van der Waals surface area contributed by atoms with Gasteiger partial charge in [0, 0.05) is 50.9 Å². The summed E-state index contributed by atoms with van der Waals surface area (Å²) in [5.41, 5.74) is 3.15. The highest BCUT2D eigenvalue weighted by molar-refractivity contribution is 5.95. The fraction of sp³-hybridized carbons (Fsp3) is 0.633. The maximum atomic E-state index is 13.3. The van der Waals surface area contributed by atoms with Crippen LogP contribution in [-0.2, 0) is 19.7 Å². The van der Waals surface area contributed by atoms with Gasteiger partial charge in [-0.15, -0.1) is 0 Å². The molecule has 4 rings (SSSR count). The molecule has 3 amide bonds. The number of ether oxygens (including phenoxy) is 1. The van der Waals surface area contributed by atoms with Crippen LogP contribution >= 0.6 is 0 Å². The van der Waals surface area contributed by atoms with Gasteiger partial charge in [-0.3, -0.25) is 14.6 Å². The number of piperazine rings is 1. The first kappa shape index (κ1) is 28.1. The minimum Gasteiger partial charge on any atom is -0.463 e. The number of amides is 3. The number of esters is 1. The molecule has 1 saturated carbocycles. The lowest BCUT2D eigenvalue weighted by atomic mass is 9.85. The molecule has 8 heteroatoms. The third kappa shape index (κ3) is 5.90. The van der Waals surface area contributed by atoms with Crippen molar-refractivity contribution in [1.82, 2.24) is 20.0 Å². The molecule has 1 aliphatic carbocycles. The highest BCUT2D eigenvalue weighted by Gasteiger charge is 2.39. The monoisotopic (exact) mass is 524 g/mol. The SMILES string of the molecule is CCOC(=O)C1=C(CN2CCN(C(=O)C3CCCC3)[C@H](C)C2)N(C)C(=O)N[C@H]1c1ccc(C(C)(C)C)cc1. The summed E-state index contributed by atoms with van der Waals surface area (Å²) in [6, 6.07) is 7.33. The Kier molecular flexibility index (Phi) is 8.50. The van der Waals surface area contributed by atoms with Gasteiger partial charge in [0.1, 0.15) is 0 Å². The maximum Gasteiger partial charge on any atom is 0.338 e. The van der Waals surface area contributed by atoms with E-state index in [4.69, 9.17) is 4.74 Å². The summed E-state index contributed by atoms with van der Waals surface area (Å²) in [6.45, 7) is 13.1. The van der Waals surface area contributed by atoms with Gasteiger partial charge in [-0.2, -0.15) is 0 Å². The molecule has 1 aromatic carbocycles. The first-order chi connectivity index (χ1) is 18.0. The lowest BCUT2D eigenvalue weighted by Crippen LogP contribution is -2.57. The van der Waals surface area contributed by atoms with Gasteiger partial charge in [-0.05, 0) is 43.2 Å². The summed E-state index contributed by atoms with van der Waals surface area (Å²) in [4.78, 5) is 45.3. The van der Waals surface area contributed by atoms with Crippen LogP contribution in [0.2, 0.25) is 0 Å². The summed E-state index contributed by atoms with van der Waals surface area (Å²) < 4.78 is 5.49. The van der Waals surface area contributed by atoms with E-state index in [1.54, 1.807) is 14.0 Å². The van der Waals surface area contributed by atoms with Crippen molar-refractivity contribution in [2.45, 2.75) is 77.8 Å². The molecule has 2 atom stereocenters.